The summed E-state index contributed by atoms with van der Waals surface area (Å²) in [6, 6.07) is 14.3. The van der Waals surface area contributed by atoms with Crippen LogP contribution in [0.1, 0.15) is 15.9 Å². The number of para-hydroxylation sites is 1. The third kappa shape index (κ3) is 4.21. The molecule has 6 nitrogen and oxygen atoms in total. The average Bonchev–Trinajstić information content (AvgIpc) is 3.14. The van der Waals surface area contributed by atoms with Crippen LogP contribution in [0.25, 0.3) is 10.9 Å². The van der Waals surface area contributed by atoms with E-state index in [0.29, 0.717) is 12.4 Å². The molecule has 3 N–H and O–H groups in total. The van der Waals surface area contributed by atoms with E-state index in [-0.39, 0.29) is 11.4 Å². The second-order valence-corrected chi connectivity index (χ2v) is 6.42. The van der Waals surface area contributed by atoms with E-state index in [2.05, 4.69) is 31.9 Å². The fraction of sp³-hybridized carbons (Fsp3) is 0.0952. The van der Waals surface area contributed by atoms with E-state index >= 15 is 0 Å². The second-order valence-electron chi connectivity index (χ2n) is 6.42. The summed E-state index contributed by atoms with van der Waals surface area (Å²) in [5, 5.41) is 14.8. The minimum absolute atomic E-state index is 0.00775. The number of nitrogens with one attached hydrogen (secondary N) is 3. The van der Waals surface area contributed by atoms with Gasteiger partial charge in [0.25, 0.3) is 5.91 Å². The number of amides is 1. The van der Waals surface area contributed by atoms with Crippen LogP contribution in [0, 0.1) is 11.6 Å². The molecule has 0 saturated carbocycles. The van der Waals surface area contributed by atoms with Crippen LogP contribution in [0.4, 0.5) is 20.4 Å². The predicted molar refractivity (Wildman–Crippen MR) is 107 cm³/mol. The fourth-order valence-corrected chi connectivity index (χ4v) is 2.98. The maximum absolute atomic E-state index is 13.2. The lowest BCUT2D eigenvalue weighted by Crippen LogP contribution is -2.14. The number of nitrogens with zero attached hydrogens (tertiary/aromatic N) is 2. The van der Waals surface area contributed by atoms with Gasteiger partial charge in [-0.05, 0) is 48.4 Å². The van der Waals surface area contributed by atoms with Crippen molar-refractivity contribution in [2.24, 2.45) is 0 Å². The summed E-state index contributed by atoms with van der Waals surface area (Å²) in [6.07, 6.45) is 2.80. The molecule has 0 aliphatic rings. The van der Waals surface area contributed by atoms with Gasteiger partial charge < -0.3 is 15.6 Å². The number of aromatic nitrogens is 3. The molecule has 0 aliphatic carbocycles. The molecule has 0 bridgehead atoms. The highest BCUT2D eigenvalue weighted by Crippen LogP contribution is 2.18. The molecule has 146 valence electrons. The molecule has 4 aromatic rings. The Morgan fingerprint density at radius 1 is 0.966 bits per heavy atom. The standard InChI is InChI=1S/C21H17F2N5O/c22-16-6-5-13(11-17(16)23)21(29)26-20-8-7-19(27-28-20)24-10-9-14-12-25-18-4-2-1-3-15(14)18/h1-8,11-12,25H,9-10H2,(H,24,27)(H,26,28,29). The number of aromatic amines is 1. The molecule has 8 heteroatoms. The van der Waals surface area contributed by atoms with Crippen molar-refractivity contribution in [3.05, 3.63) is 83.6 Å². The van der Waals surface area contributed by atoms with Crippen molar-refractivity contribution in [1.82, 2.24) is 15.2 Å². The zero-order chi connectivity index (χ0) is 20.2. The van der Waals surface area contributed by atoms with Gasteiger partial charge in [0.05, 0.1) is 0 Å². The lowest BCUT2D eigenvalue weighted by molar-refractivity contribution is 0.102. The molecule has 1 amide bonds. The fourth-order valence-electron chi connectivity index (χ4n) is 2.98. The minimum atomic E-state index is -1.08. The van der Waals surface area contributed by atoms with Gasteiger partial charge in [-0.15, -0.1) is 10.2 Å². The largest absolute Gasteiger partial charge is 0.368 e. The lowest BCUT2D eigenvalue weighted by atomic mass is 10.1. The van der Waals surface area contributed by atoms with Gasteiger partial charge in [0.1, 0.15) is 5.82 Å². The summed E-state index contributed by atoms with van der Waals surface area (Å²) in [7, 11) is 0. The van der Waals surface area contributed by atoms with Gasteiger partial charge in [0.15, 0.2) is 17.5 Å². The van der Waals surface area contributed by atoms with E-state index in [1.165, 1.54) is 17.0 Å². The minimum Gasteiger partial charge on any atom is -0.368 e. The zero-order valence-electron chi connectivity index (χ0n) is 15.2. The molecule has 29 heavy (non-hydrogen) atoms. The van der Waals surface area contributed by atoms with Crippen molar-refractivity contribution in [2.75, 3.05) is 17.2 Å². The van der Waals surface area contributed by atoms with Crippen LogP contribution in [-0.4, -0.2) is 27.6 Å². The first-order valence-electron chi connectivity index (χ1n) is 8.99. The third-order valence-electron chi connectivity index (χ3n) is 4.46. The van der Waals surface area contributed by atoms with Gasteiger partial charge in [-0.3, -0.25) is 4.79 Å². The molecule has 0 unspecified atom stereocenters. The molecule has 2 aromatic carbocycles. The van der Waals surface area contributed by atoms with Crippen molar-refractivity contribution in [3.63, 3.8) is 0 Å². The Balaban J connectivity index is 1.33. The molecule has 2 heterocycles. The van der Waals surface area contributed by atoms with E-state index in [0.717, 1.165) is 24.1 Å². The Morgan fingerprint density at radius 2 is 1.76 bits per heavy atom. The number of fused-ring (bicyclic) bond motifs is 1. The number of hydrogen-bond acceptors (Lipinski definition) is 4. The average molecular weight is 393 g/mol. The van der Waals surface area contributed by atoms with Crippen molar-refractivity contribution in [1.29, 1.82) is 0 Å². The number of anilines is 2. The van der Waals surface area contributed by atoms with Crippen LogP contribution in [0.2, 0.25) is 0 Å². The molecule has 0 spiro atoms. The van der Waals surface area contributed by atoms with Crippen molar-refractivity contribution < 1.29 is 13.6 Å². The Morgan fingerprint density at radius 3 is 2.55 bits per heavy atom. The van der Waals surface area contributed by atoms with E-state index in [1.54, 1.807) is 12.1 Å². The van der Waals surface area contributed by atoms with Gasteiger partial charge in [-0.2, -0.15) is 0 Å². The van der Waals surface area contributed by atoms with Crippen LogP contribution in [0.3, 0.4) is 0 Å². The Kier molecular flexibility index (Phi) is 5.15. The smallest absolute Gasteiger partial charge is 0.256 e. The molecule has 0 aliphatic heterocycles. The first kappa shape index (κ1) is 18.5. The van der Waals surface area contributed by atoms with Crippen molar-refractivity contribution >= 4 is 28.4 Å². The second kappa shape index (κ2) is 8.05. The molecule has 0 atom stereocenters. The molecule has 4 rings (SSSR count). The molecule has 0 radical (unpaired) electrons. The molecule has 2 aromatic heterocycles. The van der Waals surface area contributed by atoms with E-state index in [4.69, 9.17) is 0 Å². The van der Waals surface area contributed by atoms with Crippen LogP contribution >= 0.6 is 0 Å². The normalized spacial score (nSPS) is 10.8. The molecule has 0 saturated heterocycles. The number of carbonyl (C=O) groups is 1. The van der Waals surface area contributed by atoms with Gasteiger partial charge in [-0.1, -0.05) is 18.2 Å². The van der Waals surface area contributed by atoms with Crippen LogP contribution in [0.15, 0.2) is 60.8 Å². The third-order valence-corrected chi connectivity index (χ3v) is 4.46. The highest BCUT2D eigenvalue weighted by Gasteiger charge is 2.11. The summed E-state index contributed by atoms with van der Waals surface area (Å²) in [6.45, 7) is 0.664. The maximum atomic E-state index is 13.2. The van der Waals surface area contributed by atoms with Crippen LogP contribution in [0.5, 0.6) is 0 Å². The van der Waals surface area contributed by atoms with E-state index < -0.39 is 17.5 Å². The summed E-state index contributed by atoms with van der Waals surface area (Å²) in [5.41, 5.74) is 2.30. The van der Waals surface area contributed by atoms with Crippen molar-refractivity contribution in [3.8, 4) is 0 Å². The van der Waals surface area contributed by atoms with Gasteiger partial charge >= 0.3 is 0 Å². The molecular formula is C21H17F2N5O. The highest BCUT2D eigenvalue weighted by molar-refractivity contribution is 6.03. The predicted octanol–water partition coefficient (Wildman–Crippen LogP) is 4.14. The topological polar surface area (TPSA) is 82.7 Å². The van der Waals surface area contributed by atoms with E-state index in [9.17, 15) is 13.6 Å². The first-order valence-corrected chi connectivity index (χ1v) is 8.99. The quantitative estimate of drug-likeness (QED) is 0.460. The number of rotatable bonds is 6. The lowest BCUT2D eigenvalue weighted by Gasteiger charge is -2.07. The first-order chi connectivity index (χ1) is 14.1. The van der Waals surface area contributed by atoms with Crippen LogP contribution < -0.4 is 10.6 Å². The van der Waals surface area contributed by atoms with Gasteiger partial charge in [0.2, 0.25) is 0 Å². The van der Waals surface area contributed by atoms with Crippen molar-refractivity contribution in [2.45, 2.75) is 6.42 Å². The van der Waals surface area contributed by atoms with Gasteiger partial charge in [-0.25, -0.2) is 8.78 Å². The summed E-state index contributed by atoms with van der Waals surface area (Å²) >= 11 is 0. The van der Waals surface area contributed by atoms with E-state index in [1.807, 2.05) is 24.4 Å². The number of carbonyl (C=O) groups excluding carboxylic acids is 1. The monoisotopic (exact) mass is 393 g/mol. The zero-order valence-corrected chi connectivity index (χ0v) is 15.2. The number of benzene rings is 2. The molecule has 0 fully saturated rings. The maximum Gasteiger partial charge on any atom is 0.256 e. The molecular weight excluding hydrogens is 376 g/mol. The van der Waals surface area contributed by atoms with Crippen LogP contribution in [-0.2, 0) is 6.42 Å². The Bertz CT molecular complexity index is 1160. The number of H-pyrrole nitrogens is 1. The number of halogens is 2. The number of hydrogen-bond donors (Lipinski definition) is 3. The SMILES string of the molecule is O=C(Nc1ccc(NCCc2c[nH]c3ccccc23)nn1)c1ccc(F)c(F)c1. The highest BCUT2D eigenvalue weighted by atomic mass is 19.2. The Labute approximate surface area is 165 Å². The summed E-state index contributed by atoms with van der Waals surface area (Å²) < 4.78 is 26.2. The summed E-state index contributed by atoms with van der Waals surface area (Å²) in [4.78, 5) is 15.3. The van der Waals surface area contributed by atoms with Gasteiger partial charge in [0, 0.05) is 29.2 Å². The Hall–Kier alpha value is -3.81. The summed E-state index contributed by atoms with van der Waals surface area (Å²) in [5.74, 6) is -1.92.